The molecule has 3 N–H and O–H groups in total. The zero-order chi connectivity index (χ0) is 19.8. The first-order valence-corrected chi connectivity index (χ1v) is 9.94. The summed E-state index contributed by atoms with van der Waals surface area (Å²) in [5.74, 6) is -1.52. The predicted molar refractivity (Wildman–Crippen MR) is 101 cm³/mol. The van der Waals surface area contributed by atoms with E-state index in [0.29, 0.717) is 11.3 Å². The zero-order valence-electron chi connectivity index (χ0n) is 14.9. The number of hydrogen-bond donors (Lipinski definition) is 3. The Morgan fingerprint density at radius 1 is 1.04 bits per heavy atom. The second kappa shape index (κ2) is 7.13. The van der Waals surface area contributed by atoms with Crippen LogP contribution in [0.3, 0.4) is 0 Å². The van der Waals surface area contributed by atoms with E-state index in [9.17, 15) is 23.1 Å². The fourth-order valence-electron chi connectivity index (χ4n) is 2.69. The number of carboxylic acids is 1. The molecule has 8 heteroatoms. The first kappa shape index (κ1) is 19.1. The van der Waals surface area contributed by atoms with Gasteiger partial charge in [0.1, 0.15) is 0 Å². The standard InChI is InChI=1S/C19H20N2O5S/c1-11-9-12(2)17(10-16(11)19(23)24)20-18(22)13-3-7-15(8-4-13)27(25,26)21-14-5-6-14/h3-4,7-10,14,21H,5-6H2,1-2H3,(H,20,22)(H,23,24). The third-order valence-electron chi connectivity index (χ3n) is 4.38. The SMILES string of the molecule is Cc1cc(C)c(C(=O)O)cc1NC(=O)c1ccc(S(=O)(=O)NC2CC2)cc1. The van der Waals surface area contributed by atoms with Crippen molar-refractivity contribution in [2.75, 3.05) is 5.32 Å². The van der Waals surface area contributed by atoms with Gasteiger partial charge in [0, 0.05) is 17.3 Å². The van der Waals surface area contributed by atoms with Crippen molar-refractivity contribution in [3.05, 3.63) is 58.7 Å². The second-order valence-corrected chi connectivity index (χ2v) is 8.38. The number of amides is 1. The van der Waals surface area contributed by atoms with Crippen molar-refractivity contribution in [2.24, 2.45) is 0 Å². The summed E-state index contributed by atoms with van der Waals surface area (Å²) in [6.07, 6.45) is 1.68. The van der Waals surface area contributed by atoms with E-state index in [0.717, 1.165) is 18.4 Å². The minimum atomic E-state index is -3.57. The molecule has 0 saturated heterocycles. The smallest absolute Gasteiger partial charge is 0.336 e. The van der Waals surface area contributed by atoms with Crippen LogP contribution in [0, 0.1) is 13.8 Å². The van der Waals surface area contributed by atoms with Crippen molar-refractivity contribution in [1.82, 2.24) is 4.72 Å². The number of nitrogens with one attached hydrogen (secondary N) is 2. The van der Waals surface area contributed by atoms with Gasteiger partial charge in [0.05, 0.1) is 10.5 Å². The number of sulfonamides is 1. The molecule has 0 spiro atoms. The third-order valence-corrected chi connectivity index (χ3v) is 5.91. The minimum Gasteiger partial charge on any atom is -0.478 e. The first-order valence-electron chi connectivity index (χ1n) is 8.45. The molecule has 3 rings (SSSR count). The maximum Gasteiger partial charge on any atom is 0.336 e. The molecule has 0 unspecified atom stereocenters. The van der Waals surface area contributed by atoms with E-state index in [2.05, 4.69) is 10.0 Å². The highest BCUT2D eigenvalue weighted by atomic mass is 32.2. The maximum absolute atomic E-state index is 12.5. The molecule has 0 atom stereocenters. The zero-order valence-corrected chi connectivity index (χ0v) is 15.8. The number of carboxylic acid groups (broad SMARTS) is 1. The Morgan fingerprint density at radius 3 is 2.22 bits per heavy atom. The Hall–Kier alpha value is -2.71. The highest BCUT2D eigenvalue weighted by molar-refractivity contribution is 7.89. The molecule has 0 radical (unpaired) electrons. The lowest BCUT2D eigenvalue weighted by Gasteiger charge is -2.12. The van der Waals surface area contributed by atoms with Gasteiger partial charge in [0.2, 0.25) is 10.0 Å². The number of anilines is 1. The van der Waals surface area contributed by atoms with Crippen molar-refractivity contribution < 1.29 is 23.1 Å². The summed E-state index contributed by atoms with van der Waals surface area (Å²) in [5, 5.41) is 11.9. The predicted octanol–water partition coefficient (Wildman–Crippen LogP) is 2.69. The summed E-state index contributed by atoms with van der Waals surface area (Å²) < 4.78 is 26.9. The molecule has 27 heavy (non-hydrogen) atoms. The van der Waals surface area contributed by atoms with E-state index in [1.807, 2.05) is 0 Å². The maximum atomic E-state index is 12.5. The molecule has 0 aromatic heterocycles. The molecule has 0 bridgehead atoms. The molecule has 2 aromatic rings. The van der Waals surface area contributed by atoms with Crippen LogP contribution >= 0.6 is 0 Å². The highest BCUT2D eigenvalue weighted by Gasteiger charge is 2.28. The molecular weight excluding hydrogens is 368 g/mol. The van der Waals surface area contributed by atoms with E-state index in [4.69, 9.17) is 0 Å². The fourth-order valence-corrected chi connectivity index (χ4v) is 3.99. The second-order valence-electron chi connectivity index (χ2n) is 6.66. The van der Waals surface area contributed by atoms with Crippen LogP contribution in [-0.4, -0.2) is 31.4 Å². The summed E-state index contributed by atoms with van der Waals surface area (Å²) in [6, 6.07) is 8.73. The van der Waals surface area contributed by atoms with Crippen LogP contribution in [0.4, 0.5) is 5.69 Å². The molecule has 1 fully saturated rings. The number of aromatic carboxylic acids is 1. The van der Waals surface area contributed by atoms with Gasteiger partial charge in [-0.2, -0.15) is 0 Å². The van der Waals surface area contributed by atoms with Crippen molar-refractivity contribution >= 4 is 27.6 Å². The molecule has 7 nitrogen and oxygen atoms in total. The van der Waals surface area contributed by atoms with Crippen LogP contribution < -0.4 is 10.0 Å². The van der Waals surface area contributed by atoms with E-state index in [-0.39, 0.29) is 22.1 Å². The van der Waals surface area contributed by atoms with Crippen LogP contribution in [0.1, 0.15) is 44.7 Å². The number of aryl methyl sites for hydroxylation is 2. The monoisotopic (exact) mass is 388 g/mol. The lowest BCUT2D eigenvalue weighted by atomic mass is 10.0. The van der Waals surface area contributed by atoms with Crippen LogP contribution in [0.15, 0.2) is 41.3 Å². The average molecular weight is 388 g/mol. The van der Waals surface area contributed by atoms with Crippen molar-refractivity contribution in [3.63, 3.8) is 0 Å². The van der Waals surface area contributed by atoms with Crippen LogP contribution in [0.2, 0.25) is 0 Å². The fraction of sp³-hybridized carbons (Fsp3) is 0.263. The average Bonchev–Trinajstić information content (AvgIpc) is 3.40. The van der Waals surface area contributed by atoms with Gasteiger partial charge in [0.15, 0.2) is 0 Å². The van der Waals surface area contributed by atoms with Crippen molar-refractivity contribution in [1.29, 1.82) is 0 Å². The Balaban J connectivity index is 1.79. The van der Waals surface area contributed by atoms with E-state index in [1.54, 1.807) is 19.9 Å². The third kappa shape index (κ3) is 4.35. The number of hydrogen-bond acceptors (Lipinski definition) is 4. The molecular formula is C19H20N2O5S. The summed E-state index contributed by atoms with van der Waals surface area (Å²) >= 11 is 0. The summed E-state index contributed by atoms with van der Waals surface area (Å²) in [6.45, 7) is 3.46. The Bertz CT molecular complexity index is 1010. The first-order chi connectivity index (χ1) is 12.7. The molecule has 1 aliphatic carbocycles. The van der Waals surface area contributed by atoms with E-state index >= 15 is 0 Å². The highest BCUT2D eigenvalue weighted by Crippen LogP contribution is 2.23. The number of benzene rings is 2. The minimum absolute atomic E-state index is 0.00548. The van der Waals surface area contributed by atoms with Gasteiger partial charge >= 0.3 is 5.97 Å². The molecule has 2 aromatic carbocycles. The Labute approximate surface area is 157 Å². The van der Waals surface area contributed by atoms with Gasteiger partial charge in [-0.15, -0.1) is 0 Å². The van der Waals surface area contributed by atoms with Gasteiger partial charge < -0.3 is 10.4 Å². The molecule has 1 aliphatic rings. The Morgan fingerprint density at radius 2 is 1.67 bits per heavy atom. The van der Waals surface area contributed by atoms with Crippen molar-refractivity contribution in [2.45, 2.75) is 37.6 Å². The van der Waals surface area contributed by atoms with Gasteiger partial charge in [0.25, 0.3) is 5.91 Å². The molecule has 142 valence electrons. The van der Waals surface area contributed by atoms with Crippen LogP contribution in [0.5, 0.6) is 0 Å². The van der Waals surface area contributed by atoms with E-state index < -0.39 is 21.9 Å². The number of rotatable bonds is 6. The Kier molecular flexibility index (Phi) is 5.03. The van der Waals surface area contributed by atoms with Gasteiger partial charge in [-0.3, -0.25) is 4.79 Å². The van der Waals surface area contributed by atoms with Gasteiger partial charge in [-0.25, -0.2) is 17.9 Å². The molecule has 0 heterocycles. The van der Waals surface area contributed by atoms with E-state index in [1.165, 1.54) is 30.3 Å². The number of carbonyl (C=O) groups is 2. The normalized spacial score (nSPS) is 14.0. The molecule has 1 saturated carbocycles. The van der Waals surface area contributed by atoms with Gasteiger partial charge in [-0.05, 0) is 68.1 Å². The summed E-state index contributed by atoms with van der Waals surface area (Å²) in [4.78, 5) is 23.8. The van der Waals surface area contributed by atoms with Crippen LogP contribution in [0.25, 0.3) is 0 Å². The summed E-state index contributed by atoms with van der Waals surface area (Å²) in [7, 11) is -3.57. The lowest BCUT2D eigenvalue weighted by Crippen LogP contribution is -2.25. The van der Waals surface area contributed by atoms with Crippen LogP contribution in [-0.2, 0) is 10.0 Å². The largest absolute Gasteiger partial charge is 0.478 e. The quantitative estimate of drug-likeness (QED) is 0.704. The van der Waals surface area contributed by atoms with Crippen molar-refractivity contribution in [3.8, 4) is 0 Å². The molecule has 0 aliphatic heterocycles. The lowest BCUT2D eigenvalue weighted by molar-refractivity contribution is 0.0695. The number of carbonyl (C=O) groups excluding carboxylic acids is 1. The van der Waals surface area contributed by atoms with Gasteiger partial charge in [-0.1, -0.05) is 6.07 Å². The topological polar surface area (TPSA) is 113 Å². The molecule has 1 amide bonds. The summed E-state index contributed by atoms with van der Waals surface area (Å²) in [5.41, 5.74) is 2.13.